The molecule has 1 amide bonds. The van der Waals surface area contributed by atoms with E-state index in [9.17, 15) is 9.18 Å². The molecule has 1 aromatic rings. The van der Waals surface area contributed by atoms with Crippen LogP contribution in [-0.4, -0.2) is 34.4 Å². The molecule has 0 aliphatic carbocycles. The average Bonchev–Trinajstić information content (AvgIpc) is 2.91. The highest BCUT2D eigenvalue weighted by Crippen LogP contribution is 2.38. The maximum Gasteiger partial charge on any atom is 0.254 e. The molecule has 4 heteroatoms. The predicted octanol–water partition coefficient (Wildman–Crippen LogP) is 2.16. The summed E-state index contributed by atoms with van der Waals surface area (Å²) in [4.78, 5) is 14.1. The molecule has 3 rings (SSSR count). The zero-order valence-corrected chi connectivity index (χ0v) is 9.54. The van der Waals surface area contributed by atoms with Crippen molar-refractivity contribution in [1.29, 1.82) is 0 Å². The van der Waals surface area contributed by atoms with Gasteiger partial charge in [-0.25, -0.2) is 4.39 Å². The molecule has 2 nitrogen and oxygen atoms in total. The van der Waals surface area contributed by atoms with E-state index in [2.05, 4.69) is 0 Å². The van der Waals surface area contributed by atoms with E-state index in [-0.39, 0.29) is 11.7 Å². The predicted molar refractivity (Wildman–Crippen MR) is 62.1 cm³/mol. The lowest BCUT2D eigenvalue weighted by molar-refractivity contribution is 0.0747. The second-order valence-electron chi connectivity index (χ2n) is 4.31. The van der Waals surface area contributed by atoms with E-state index in [1.165, 1.54) is 12.1 Å². The highest BCUT2D eigenvalue weighted by molar-refractivity contribution is 8.00. The molecule has 2 saturated heterocycles. The van der Waals surface area contributed by atoms with Gasteiger partial charge in [-0.3, -0.25) is 4.79 Å². The summed E-state index contributed by atoms with van der Waals surface area (Å²) in [7, 11) is 0. The number of halogens is 1. The third kappa shape index (κ3) is 1.61. The van der Waals surface area contributed by atoms with Crippen LogP contribution in [0.2, 0.25) is 0 Å². The molecule has 0 saturated carbocycles. The number of rotatable bonds is 1. The summed E-state index contributed by atoms with van der Waals surface area (Å²) in [5.74, 6) is 0.806. The van der Waals surface area contributed by atoms with Crippen molar-refractivity contribution in [1.82, 2.24) is 4.90 Å². The number of fused-ring (bicyclic) bond motifs is 2. The first-order chi connectivity index (χ1) is 7.74. The van der Waals surface area contributed by atoms with Crippen molar-refractivity contribution in [3.63, 3.8) is 0 Å². The van der Waals surface area contributed by atoms with Gasteiger partial charge in [0, 0.05) is 29.2 Å². The maximum absolute atomic E-state index is 12.7. The quantitative estimate of drug-likeness (QED) is 0.746. The van der Waals surface area contributed by atoms with Gasteiger partial charge in [0.1, 0.15) is 5.82 Å². The van der Waals surface area contributed by atoms with Gasteiger partial charge in [-0.1, -0.05) is 0 Å². The van der Waals surface area contributed by atoms with E-state index in [1.54, 1.807) is 12.1 Å². The number of carbonyl (C=O) groups excluding carboxylic acids is 1. The molecule has 84 valence electrons. The third-order valence-corrected chi connectivity index (χ3v) is 4.64. The Morgan fingerprint density at radius 3 is 2.69 bits per heavy atom. The first-order valence-electron chi connectivity index (χ1n) is 5.42. The number of likely N-dealkylation sites (tertiary alicyclic amines) is 1. The summed E-state index contributed by atoms with van der Waals surface area (Å²) in [5, 5.41) is 0.620. The molecule has 2 bridgehead atoms. The van der Waals surface area contributed by atoms with E-state index in [0.29, 0.717) is 16.9 Å². The molecular formula is C12H12FNOS. The summed E-state index contributed by atoms with van der Waals surface area (Å²) in [6, 6.07) is 6.22. The van der Waals surface area contributed by atoms with Crippen LogP contribution in [0.15, 0.2) is 24.3 Å². The Hall–Kier alpha value is -1.03. The first-order valence-corrected chi connectivity index (χ1v) is 6.47. The van der Waals surface area contributed by atoms with Crippen molar-refractivity contribution in [2.75, 3.05) is 12.3 Å². The summed E-state index contributed by atoms with van der Waals surface area (Å²) < 4.78 is 12.7. The van der Waals surface area contributed by atoms with Crippen LogP contribution in [0.1, 0.15) is 16.8 Å². The maximum atomic E-state index is 12.7. The molecule has 2 fully saturated rings. The van der Waals surface area contributed by atoms with Gasteiger partial charge in [-0.15, -0.1) is 0 Å². The Bertz CT molecular complexity index is 420. The average molecular weight is 237 g/mol. The molecule has 16 heavy (non-hydrogen) atoms. The minimum absolute atomic E-state index is 0.0489. The normalized spacial score (nSPS) is 27.4. The lowest BCUT2D eigenvalue weighted by Gasteiger charge is -2.26. The Balaban J connectivity index is 1.80. The number of hydrogen-bond donors (Lipinski definition) is 0. The molecule has 0 radical (unpaired) electrons. The van der Waals surface area contributed by atoms with Crippen molar-refractivity contribution in [3.8, 4) is 0 Å². The van der Waals surface area contributed by atoms with Crippen LogP contribution >= 0.6 is 11.8 Å². The topological polar surface area (TPSA) is 20.3 Å². The van der Waals surface area contributed by atoms with E-state index < -0.39 is 0 Å². The lowest BCUT2D eigenvalue weighted by atomic mass is 10.2. The standard InChI is InChI=1S/C12H12FNOS/c13-9-3-1-8(2-4-9)12(15)14-6-11-5-10(14)7-16-11/h1-4,10-11H,5-7H2. The highest BCUT2D eigenvalue weighted by atomic mass is 32.2. The molecule has 2 atom stereocenters. The van der Waals surface area contributed by atoms with Gasteiger partial charge in [-0.2, -0.15) is 11.8 Å². The summed E-state index contributed by atoms with van der Waals surface area (Å²) in [6.45, 7) is 0.853. The van der Waals surface area contributed by atoms with E-state index in [4.69, 9.17) is 0 Å². The number of amides is 1. The number of nitrogens with zero attached hydrogens (tertiary/aromatic N) is 1. The fourth-order valence-electron chi connectivity index (χ4n) is 2.41. The van der Waals surface area contributed by atoms with Gasteiger partial charge in [0.25, 0.3) is 5.91 Å². The van der Waals surface area contributed by atoms with Crippen molar-refractivity contribution < 1.29 is 9.18 Å². The Morgan fingerprint density at radius 2 is 2.12 bits per heavy atom. The number of benzene rings is 1. The molecule has 2 aliphatic heterocycles. The number of hydrogen-bond acceptors (Lipinski definition) is 2. The van der Waals surface area contributed by atoms with Crippen molar-refractivity contribution in [3.05, 3.63) is 35.6 Å². The monoisotopic (exact) mass is 237 g/mol. The van der Waals surface area contributed by atoms with Crippen molar-refractivity contribution in [2.45, 2.75) is 17.7 Å². The smallest absolute Gasteiger partial charge is 0.254 e. The minimum Gasteiger partial charge on any atom is -0.334 e. The summed E-state index contributed by atoms with van der Waals surface area (Å²) >= 11 is 1.96. The lowest BCUT2D eigenvalue weighted by Crippen LogP contribution is -2.39. The molecule has 2 aliphatic rings. The van der Waals surface area contributed by atoms with Crippen molar-refractivity contribution in [2.24, 2.45) is 0 Å². The Morgan fingerprint density at radius 1 is 1.38 bits per heavy atom. The van der Waals surface area contributed by atoms with Gasteiger partial charge >= 0.3 is 0 Å². The van der Waals surface area contributed by atoms with Gasteiger partial charge in [-0.05, 0) is 30.7 Å². The second-order valence-corrected chi connectivity index (χ2v) is 5.64. The van der Waals surface area contributed by atoms with Crippen LogP contribution in [0.5, 0.6) is 0 Å². The number of carbonyl (C=O) groups is 1. The number of thioether (sulfide) groups is 1. The van der Waals surface area contributed by atoms with Gasteiger partial charge in [0.05, 0.1) is 0 Å². The van der Waals surface area contributed by atoms with Crippen LogP contribution in [0.3, 0.4) is 0 Å². The van der Waals surface area contributed by atoms with Gasteiger partial charge < -0.3 is 4.90 Å². The zero-order chi connectivity index (χ0) is 11.1. The fourth-order valence-corrected chi connectivity index (χ4v) is 3.84. The van der Waals surface area contributed by atoms with E-state index >= 15 is 0 Å². The molecule has 1 aromatic carbocycles. The highest BCUT2D eigenvalue weighted by Gasteiger charge is 2.41. The largest absolute Gasteiger partial charge is 0.334 e. The van der Waals surface area contributed by atoms with Gasteiger partial charge in [0.15, 0.2) is 0 Å². The summed E-state index contributed by atoms with van der Waals surface area (Å²) in [5.41, 5.74) is 0.596. The first kappa shape index (κ1) is 10.1. The van der Waals surface area contributed by atoms with Crippen LogP contribution in [0.25, 0.3) is 0 Å². The molecule has 0 spiro atoms. The SMILES string of the molecule is O=C(c1ccc(F)cc1)N1CC2CC1CS2. The Labute approximate surface area is 97.8 Å². The molecule has 2 heterocycles. The zero-order valence-electron chi connectivity index (χ0n) is 8.73. The molecule has 2 unspecified atom stereocenters. The minimum atomic E-state index is -0.296. The van der Waals surface area contributed by atoms with Crippen LogP contribution in [0, 0.1) is 5.82 Å². The van der Waals surface area contributed by atoms with Crippen LogP contribution in [-0.2, 0) is 0 Å². The van der Waals surface area contributed by atoms with Crippen LogP contribution < -0.4 is 0 Å². The van der Waals surface area contributed by atoms with Crippen molar-refractivity contribution >= 4 is 17.7 Å². The summed E-state index contributed by atoms with van der Waals surface area (Å²) in [6.07, 6.45) is 1.12. The molecular weight excluding hydrogens is 225 g/mol. The van der Waals surface area contributed by atoms with E-state index in [1.807, 2.05) is 16.7 Å². The fraction of sp³-hybridized carbons (Fsp3) is 0.417. The van der Waals surface area contributed by atoms with Crippen LogP contribution in [0.4, 0.5) is 4.39 Å². The molecule has 0 N–H and O–H groups in total. The third-order valence-electron chi connectivity index (χ3n) is 3.25. The Kier molecular flexibility index (Phi) is 2.39. The second kappa shape index (κ2) is 3.77. The molecule has 0 aromatic heterocycles. The van der Waals surface area contributed by atoms with E-state index in [0.717, 1.165) is 18.7 Å². The van der Waals surface area contributed by atoms with Gasteiger partial charge in [0.2, 0.25) is 0 Å².